The van der Waals surface area contributed by atoms with Crippen molar-refractivity contribution >= 4 is 6.03 Å². The molecule has 0 aliphatic heterocycles. The first-order valence-corrected chi connectivity index (χ1v) is 7.18. The fraction of sp³-hybridized carbons (Fsp3) is 0.400. The number of amides is 2. The molecule has 1 aromatic heterocycles. The molecule has 1 saturated carbocycles. The Labute approximate surface area is 123 Å². The highest BCUT2D eigenvalue weighted by Gasteiger charge is 2.32. The maximum absolute atomic E-state index is 11.7. The number of hydrogen-bond donors (Lipinski definition) is 2. The summed E-state index contributed by atoms with van der Waals surface area (Å²) >= 11 is 0. The first kappa shape index (κ1) is 13.6. The SMILES string of the molecule is C[C@H]1C[C@H]1CNC(=O)NCc1ccc(-n2cncn2)cc1. The highest BCUT2D eigenvalue weighted by molar-refractivity contribution is 5.73. The number of carbonyl (C=O) groups is 1. The quantitative estimate of drug-likeness (QED) is 0.878. The Kier molecular flexibility index (Phi) is 3.85. The Morgan fingerprint density at radius 3 is 2.71 bits per heavy atom. The van der Waals surface area contributed by atoms with Crippen LogP contribution < -0.4 is 10.6 Å². The third-order valence-electron chi connectivity index (χ3n) is 3.87. The minimum Gasteiger partial charge on any atom is -0.338 e. The lowest BCUT2D eigenvalue weighted by Gasteiger charge is -2.08. The first-order chi connectivity index (χ1) is 10.2. The second-order valence-electron chi connectivity index (χ2n) is 5.54. The average Bonchev–Trinajstić information content (AvgIpc) is 2.99. The second-order valence-corrected chi connectivity index (χ2v) is 5.54. The lowest BCUT2D eigenvalue weighted by Crippen LogP contribution is -2.36. The van der Waals surface area contributed by atoms with E-state index in [1.165, 1.54) is 12.7 Å². The number of carbonyl (C=O) groups excluding carboxylic acids is 1. The van der Waals surface area contributed by atoms with Gasteiger partial charge in [0.25, 0.3) is 0 Å². The third kappa shape index (κ3) is 3.59. The fourth-order valence-electron chi connectivity index (χ4n) is 2.26. The van der Waals surface area contributed by atoms with Crippen LogP contribution in [-0.4, -0.2) is 27.3 Å². The molecule has 1 aliphatic rings. The molecule has 6 nitrogen and oxygen atoms in total. The normalized spacial score (nSPS) is 20.0. The number of nitrogens with one attached hydrogen (secondary N) is 2. The summed E-state index contributed by atoms with van der Waals surface area (Å²) in [5.41, 5.74) is 2.00. The lowest BCUT2D eigenvalue weighted by atomic mass is 10.2. The van der Waals surface area contributed by atoms with Gasteiger partial charge in [-0.15, -0.1) is 0 Å². The predicted molar refractivity (Wildman–Crippen MR) is 78.9 cm³/mol. The minimum atomic E-state index is -0.102. The third-order valence-corrected chi connectivity index (χ3v) is 3.87. The molecule has 3 rings (SSSR count). The van der Waals surface area contributed by atoms with E-state index in [9.17, 15) is 4.79 Å². The van der Waals surface area contributed by atoms with Crippen LogP contribution in [0, 0.1) is 11.8 Å². The number of urea groups is 1. The van der Waals surface area contributed by atoms with Crippen molar-refractivity contribution in [3.05, 3.63) is 42.5 Å². The van der Waals surface area contributed by atoms with Gasteiger partial charge in [0.05, 0.1) is 5.69 Å². The smallest absolute Gasteiger partial charge is 0.315 e. The van der Waals surface area contributed by atoms with Gasteiger partial charge in [-0.2, -0.15) is 5.10 Å². The summed E-state index contributed by atoms with van der Waals surface area (Å²) in [6.45, 7) is 3.50. The Morgan fingerprint density at radius 1 is 1.33 bits per heavy atom. The van der Waals surface area contributed by atoms with Crippen LogP contribution in [0.2, 0.25) is 0 Å². The summed E-state index contributed by atoms with van der Waals surface area (Å²) in [7, 11) is 0. The zero-order valence-electron chi connectivity index (χ0n) is 12.0. The summed E-state index contributed by atoms with van der Waals surface area (Å²) in [5, 5.41) is 9.84. The maximum Gasteiger partial charge on any atom is 0.315 e. The Bertz CT molecular complexity index is 593. The Balaban J connectivity index is 1.45. The maximum atomic E-state index is 11.7. The second kappa shape index (κ2) is 5.95. The highest BCUT2D eigenvalue weighted by Crippen LogP contribution is 2.36. The molecule has 0 radical (unpaired) electrons. The Morgan fingerprint density at radius 2 is 2.10 bits per heavy atom. The molecule has 1 aromatic carbocycles. The molecular weight excluding hydrogens is 266 g/mol. The summed E-state index contributed by atoms with van der Waals surface area (Å²) in [4.78, 5) is 15.6. The van der Waals surface area contributed by atoms with Crippen molar-refractivity contribution in [2.75, 3.05) is 6.54 Å². The van der Waals surface area contributed by atoms with Gasteiger partial charge >= 0.3 is 6.03 Å². The van der Waals surface area contributed by atoms with Gasteiger partial charge in [-0.3, -0.25) is 0 Å². The van der Waals surface area contributed by atoms with E-state index in [2.05, 4.69) is 27.6 Å². The number of rotatable bonds is 5. The van der Waals surface area contributed by atoms with Crippen molar-refractivity contribution in [1.82, 2.24) is 25.4 Å². The summed E-state index contributed by atoms with van der Waals surface area (Å²) < 4.78 is 1.70. The van der Waals surface area contributed by atoms with E-state index in [0.717, 1.165) is 23.7 Å². The van der Waals surface area contributed by atoms with E-state index in [4.69, 9.17) is 0 Å². The molecular formula is C15H19N5O. The molecule has 2 N–H and O–H groups in total. The van der Waals surface area contributed by atoms with Gasteiger partial charge < -0.3 is 10.6 Å². The molecule has 6 heteroatoms. The monoisotopic (exact) mass is 285 g/mol. The molecule has 1 fully saturated rings. The number of aromatic nitrogens is 3. The van der Waals surface area contributed by atoms with Crippen molar-refractivity contribution in [2.24, 2.45) is 11.8 Å². The highest BCUT2D eigenvalue weighted by atomic mass is 16.2. The van der Waals surface area contributed by atoms with Gasteiger partial charge in [0, 0.05) is 13.1 Å². The van der Waals surface area contributed by atoms with Crippen molar-refractivity contribution < 1.29 is 4.79 Å². The molecule has 0 saturated heterocycles. The molecule has 1 heterocycles. The minimum absolute atomic E-state index is 0.102. The van der Waals surface area contributed by atoms with Crippen LogP contribution in [0.25, 0.3) is 5.69 Å². The molecule has 110 valence electrons. The summed E-state index contributed by atoms with van der Waals surface area (Å²) in [6.07, 6.45) is 4.38. The zero-order valence-corrected chi connectivity index (χ0v) is 12.0. The molecule has 2 atom stereocenters. The Hall–Kier alpha value is -2.37. The number of nitrogens with zero attached hydrogens (tertiary/aromatic N) is 3. The molecule has 0 unspecified atom stereocenters. The number of benzene rings is 1. The van der Waals surface area contributed by atoms with E-state index in [1.807, 2.05) is 24.3 Å². The van der Waals surface area contributed by atoms with Crippen LogP contribution in [0.3, 0.4) is 0 Å². The van der Waals surface area contributed by atoms with Crippen LogP contribution in [-0.2, 0) is 6.54 Å². The van der Waals surface area contributed by atoms with E-state index >= 15 is 0 Å². The van der Waals surface area contributed by atoms with Crippen molar-refractivity contribution in [3.8, 4) is 5.69 Å². The zero-order chi connectivity index (χ0) is 14.7. The van der Waals surface area contributed by atoms with Gasteiger partial charge in [-0.05, 0) is 36.0 Å². The van der Waals surface area contributed by atoms with Crippen molar-refractivity contribution in [3.63, 3.8) is 0 Å². The van der Waals surface area contributed by atoms with Gasteiger partial charge in [-0.25, -0.2) is 14.5 Å². The summed E-state index contributed by atoms with van der Waals surface area (Å²) in [5.74, 6) is 1.42. The predicted octanol–water partition coefficient (Wildman–Crippen LogP) is 1.72. The molecule has 2 amide bonds. The molecule has 0 spiro atoms. The average molecular weight is 285 g/mol. The standard InChI is InChI=1S/C15H19N5O/c1-11-6-13(11)8-18-15(21)17-7-12-2-4-14(5-3-12)20-10-16-9-19-20/h2-5,9-11,13H,6-8H2,1H3,(H2,17,18,21)/t11-,13-/m0/s1. The van der Waals surface area contributed by atoms with Gasteiger partial charge in [-0.1, -0.05) is 19.1 Å². The van der Waals surface area contributed by atoms with E-state index in [0.29, 0.717) is 12.5 Å². The molecule has 1 aliphatic carbocycles. The van der Waals surface area contributed by atoms with Crippen LogP contribution in [0.1, 0.15) is 18.9 Å². The van der Waals surface area contributed by atoms with Crippen LogP contribution in [0.4, 0.5) is 4.79 Å². The van der Waals surface area contributed by atoms with E-state index in [-0.39, 0.29) is 6.03 Å². The molecule has 21 heavy (non-hydrogen) atoms. The lowest BCUT2D eigenvalue weighted by molar-refractivity contribution is 0.240. The fourth-order valence-corrected chi connectivity index (χ4v) is 2.26. The molecule has 2 aromatic rings. The van der Waals surface area contributed by atoms with Crippen LogP contribution in [0.5, 0.6) is 0 Å². The van der Waals surface area contributed by atoms with Crippen molar-refractivity contribution in [2.45, 2.75) is 19.9 Å². The van der Waals surface area contributed by atoms with E-state index < -0.39 is 0 Å². The molecule has 0 bridgehead atoms. The largest absolute Gasteiger partial charge is 0.338 e. The van der Waals surface area contributed by atoms with Crippen molar-refractivity contribution in [1.29, 1.82) is 0 Å². The topological polar surface area (TPSA) is 71.8 Å². The first-order valence-electron chi connectivity index (χ1n) is 7.18. The van der Waals surface area contributed by atoms with Gasteiger partial charge in [0.2, 0.25) is 0 Å². The number of hydrogen-bond acceptors (Lipinski definition) is 3. The van der Waals surface area contributed by atoms with E-state index in [1.54, 1.807) is 11.0 Å². The van der Waals surface area contributed by atoms with Crippen LogP contribution in [0.15, 0.2) is 36.9 Å². The summed E-state index contributed by atoms with van der Waals surface area (Å²) in [6, 6.07) is 7.75. The van der Waals surface area contributed by atoms with Gasteiger partial charge in [0.1, 0.15) is 12.7 Å². The van der Waals surface area contributed by atoms with Crippen LogP contribution >= 0.6 is 0 Å². The van der Waals surface area contributed by atoms with Gasteiger partial charge in [0.15, 0.2) is 0 Å².